The molecule has 3 aromatic rings. The second kappa shape index (κ2) is 6.01. The average molecular weight is 297 g/mol. The summed E-state index contributed by atoms with van der Waals surface area (Å²) in [4.78, 5) is 8.80. The number of aromatic nitrogens is 2. The summed E-state index contributed by atoms with van der Waals surface area (Å²) in [6.07, 6.45) is 3.64. The third-order valence-corrected chi connectivity index (χ3v) is 3.84. The molecule has 0 saturated carbocycles. The Kier molecular flexibility index (Phi) is 3.92. The van der Waals surface area contributed by atoms with Crippen molar-refractivity contribution in [2.75, 3.05) is 11.8 Å². The van der Waals surface area contributed by atoms with Crippen LogP contribution in [-0.2, 0) is 0 Å². The number of fused-ring (bicyclic) bond motifs is 1. The summed E-state index contributed by atoms with van der Waals surface area (Å²) in [7, 11) is 1.66. The van der Waals surface area contributed by atoms with Gasteiger partial charge in [0.1, 0.15) is 10.8 Å². The first-order chi connectivity index (χ1) is 10.3. The number of nitrogens with one attached hydrogen (secondary N) is 1. The van der Waals surface area contributed by atoms with E-state index in [2.05, 4.69) is 14.7 Å². The maximum Gasteiger partial charge on any atom is 0.121 e. The van der Waals surface area contributed by atoms with Crippen molar-refractivity contribution in [2.24, 2.45) is 0 Å². The number of aryl methyl sites for hydroxylation is 1. The van der Waals surface area contributed by atoms with Gasteiger partial charge in [-0.3, -0.25) is 4.98 Å². The molecule has 3 rings (SSSR count). The van der Waals surface area contributed by atoms with Gasteiger partial charge in [0.2, 0.25) is 0 Å². The Hall–Kier alpha value is -2.27. The molecule has 0 aliphatic heterocycles. The van der Waals surface area contributed by atoms with Gasteiger partial charge in [0.05, 0.1) is 18.3 Å². The highest BCUT2D eigenvalue weighted by atomic mass is 32.2. The molecule has 5 heteroatoms. The van der Waals surface area contributed by atoms with Crippen molar-refractivity contribution in [3.05, 3.63) is 54.4 Å². The predicted molar refractivity (Wildman–Crippen MR) is 86.7 cm³/mol. The third-order valence-electron chi connectivity index (χ3n) is 3.06. The molecule has 0 unspecified atom stereocenters. The van der Waals surface area contributed by atoms with E-state index in [-0.39, 0.29) is 0 Å². The highest BCUT2D eigenvalue weighted by molar-refractivity contribution is 8.00. The smallest absolute Gasteiger partial charge is 0.121 e. The second-order valence-electron chi connectivity index (χ2n) is 4.63. The number of rotatable bonds is 4. The quantitative estimate of drug-likeness (QED) is 0.736. The molecule has 0 atom stereocenters. The first-order valence-electron chi connectivity index (χ1n) is 6.54. The van der Waals surface area contributed by atoms with Crippen LogP contribution in [0.3, 0.4) is 0 Å². The number of hydrogen-bond donors (Lipinski definition) is 1. The van der Waals surface area contributed by atoms with Gasteiger partial charge in [0.25, 0.3) is 0 Å². The van der Waals surface area contributed by atoms with Crippen LogP contribution in [0, 0.1) is 6.92 Å². The van der Waals surface area contributed by atoms with Gasteiger partial charge in [0, 0.05) is 35.8 Å². The molecular weight excluding hydrogens is 282 g/mol. The molecule has 2 heterocycles. The second-order valence-corrected chi connectivity index (χ2v) is 5.45. The highest BCUT2D eigenvalue weighted by Gasteiger charge is 2.06. The fourth-order valence-corrected chi connectivity index (χ4v) is 2.59. The standard InChI is InChI=1S/C16H15N3OS/c1-11-5-6-15(18-10-11)21-19-14-9-13(20-2)8-12-4-3-7-17-16(12)14/h3-10,19H,1-2H3. The fourth-order valence-electron chi connectivity index (χ4n) is 1.98. The summed E-state index contributed by atoms with van der Waals surface area (Å²) in [6.45, 7) is 2.02. The molecule has 0 radical (unpaired) electrons. The maximum atomic E-state index is 5.34. The Labute approximate surface area is 127 Å². The predicted octanol–water partition coefficient (Wildman–Crippen LogP) is 4.07. The van der Waals surface area contributed by atoms with E-state index in [0.29, 0.717) is 0 Å². The van der Waals surface area contributed by atoms with E-state index in [1.807, 2.05) is 49.5 Å². The van der Waals surface area contributed by atoms with Gasteiger partial charge >= 0.3 is 0 Å². The summed E-state index contributed by atoms with van der Waals surface area (Å²) in [5.74, 6) is 0.801. The van der Waals surface area contributed by atoms with Gasteiger partial charge in [-0.2, -0.15) is 0 Å². The van der Waals surface area contributed by atoms with Crippen molar-refractivity contribution in [1.29, 1.82) is 0 Å². The number of benzene rings is 1. The van der Waals surface area contributed by atoms with Crippen molar-refractivity contribution >= 4 is 28.5 Å². The van der Waals surface area contributed by atoms with Crippen LogP contribution in [0.25, 0.3) is 10.9 Å². The zero-order valence-electron chi connectivity index (χ0n) is 11.8. The summed E-state index contributed by atoms with van der Waals surface area (Å²) < 4.78 is 8.65. The fraction of sp³-hybridized carbons (Fsp3) is 0.125. The minimum Gasteiger partial charge on any atom is -0.497 e. The topological polar surface area (TPSA) is 47.0 Å². The van der Waals surface area contributed by atoms with Crippen molar-refractivity contribution in [1.82, 2.24) is 9.97 Å². The highest BCUT2D eigenvalue weighted by Crippen LogP contribution is 2.30. The van der Waals surface area contributed by atoms with E-state index < -0.39 is 0 Å². The number of anilines is 1. The molecule has 0 aliphatic carbocycles. The van der Waals surface area contributed by atoms with E-state index >= 15 is 0 Å². The molecule has 2 aromatic heterocycles. The van der Waals surface area contributed by atoms with E-state index in [1.165, 1.54) is 11.9 Å². The number of ether oxygens (including phenoxy) is 1. The summed E-state index contributed by atoms with van der Waals surface area (Å²) in [6, 6.07) is 11.9. The lowest BCUT2D eigenvalue weighted by molar-refractivity contribution is 0.415. The van der Waals surface area contributed by atoms with Gasteiger partial charge in [0.15, 0.2) is 0 Å². The van der Waals surface area contributed by atoms with E-state index in [0.717, 1.165) is 32.9 Å². The van der Waals surface area contributed by atoms with Gasteiger partial charge in [-0.15, -0.1) is 0 Å². The number of nitrogens with zero attached hydrogens (tertiary/aromatic N) is 2. The van der Waals surface area contributed by atoms with Gasteiger partial charge in [-0.25, -0.2) is 4.98 Å². The first-order valence-corrected chi connectivity index (χ1v) is 7.36. The molecule has 21 heavy (non-hydrogen) atoms. The first kappa shape index (κ1) is 13.7. The van der Waals surface area contributed by atoms with Crippen molar-refractivity contribution in [3.8, 4) is 5.75 Å². The monoisotopic (exact) mass is 297 g/mol. The van der Waals surface area contributed by atoms with Crippen LogP contribution in [0.5, 0.6) is 5.75 Å². The minimum atomic E-state index is 0.801. The summed E-state index contributed by atoms with van der Waals surface area (Å²) in [5.41, 5.74) is 2.98. The molecule has 106 valence electrons. The van der Waals surface area contributed by atoms with E-state index in [1.54, 1.807) is 13.3 Å². The van der Waals surface area contributed by atoms with Crippen LogP contribution < -0.4 is 9.46 Å². The van der Waals surface area contributed by atoms with Gasteiger partial charge in [-0.1, -0.05) is 12.1 Å². The Morgan fingerprint density at radius 3 is 2.81 bits per heavy atom. The molecular formula is C16H15N3OS. The van der Waals surface area contributed by atoms with E-state index in [9.17, 15) is 0 Å². The SMILES string of the molecule is COc1cc(NSc2ccc(C)cn2)c2ncccc2c1. The zero-order valence-corrected chi connectivity index (χ0v) is 12.6. The molecule has 0 spiro atoms. The summed E-state index contributed by atoms with van der Waals surface area (Å²) in [5, 5.41) is 1.95. The maximum absolute atomic E-state index is 5.34. The lowest BCUT2D eigenvalue weighted by Gasteiger charge is -2.10. The molecule has 0 bridgehead atoms. The Morgan fingerprint density at radius 2 is 2.05 bits per heavy atom. The van der Waals surface area contributed by atoms with Crippen molar-refractivity contribution < 1.29 is 4.74 Å². The van der Waals surface area contributed by atoms with Crippen LogP contribution in [-0.4, -0.2) is 17.1 Å². The normalized spacial score (nSPS) is 10.6. The summed E-state index contributed by atoms with van der Waals surface area (Å²) >= 11 is 1.46. The molecule has 0 amide bonds. The lowest BCUT2D eigenvalue weighted by atomic mass is 10.2. The van der Waals surface area contributed by atoms with Gasteiger partial charge in [-0.05, 0) is 30.7 Å². The third kappa shape index (κ3) is 3.08. The van der Waals surface area contributed by atoms with Crippen molar-refractivity contribution in [3.63, 3.8) is 0 Å². The number of pyridine rings is 2. The minimum absolute atomic E-state index is 0.801. The molecule has 4 nitrogen and oxygen atoms in total. The van der Waals surface area contributed by atoms with Crippen LogP contribution in [0.4, 0.5) is 5.69 Å². The molecule has 0 aliphatic rings. The Bertz CT molecular complexity index is 759. The van der Waals surface area contributed by atoms with Crippen LogP contribution >= 0.6 is 11.9 Å². The van der Waals surface area contributed by atoms with Crippen LogP contribution in [0.15, 0.2) is 53.8 Å². The molecule has 0 fully saturated rings. The molecule has 1 N–H and O–H groups in total. The lowest BCUT2D eigenvalue weighted by Crippen LogP contribution is -1.93. The van der Waals surface area contributed by atoms with Crippen LogP contribution in [0.2, 0.25) is 0 Å². The van der Waals surface area contributed by atoms with Crippen LogP contribution in [0.1, 0.15) is 5.56 Å². The zero-order chi connectivity index (χ0) is 14.7. The largest absolute Gasteiger partial charge is 0.497 e. The average Bonchev–Trinajstić information content (AvgIpc) is 2.53. The Morgan fingerprint density at radius 1 is 1.14 bits per heavy atom. The van der Waals surface area contributed by atoms with Gasteiger partial charge < -0.3 is 9.46 Å². The van der Waals surface area contributed by atoms with Crippen molar-refractivity contribution in [2.45, 2.75) is 11.9 Å². The van der Waals surface area contributed by atoms with E-state index in [4.69, 9.17) is 4.74 Å². The Balaban J connectivity index is 1.90. The molecule has 1 aromatic carbocycles. The number of hydrogen-bond acceptors (Lipinski definition) is 5. The molecule has 0 saturated heterocycles. The number of methoxy groups -OCH3 is 1.